The van der Waals surface area contributed by atoms with Gasteiger partial charge >= 0.3 is 0 Å². The smallest absolute Gasteiger partial charge is 0.222 e. The van der Waals surface area contributed by atoms with Crippen LogP contribution in [0.3, 0.4) is 0 Å². The fourth-order valence-corrected chi connectivity index (χ4v) is 4.35. The quantitative estimate of drug-likeness (QED) is 0.831. The Balaban J connectivity index is 1.93. The highest BCUT2D eigenvalue weighted by Gasteiger charge is 2.30. The molecule has 7 heteroatoms. The van der Waals surface area contributed by atoms with E-state index in [9.17, 15) is 13.2 Å². The number of carbonyl (C=O) groups excluding carboxylic acids is 1. The molecule has 1 aromatic heterocycles. The summed E-state index contributed by atoms with van der Waals surface area (Å²) in [5, 5.41) is 3.86. The molecule has 6 nitrogen and oxygen atoms in total. The summed E-state index contributed by atoms with van der Waals surface area (Å²) in [6.07, 6.45) is 0.881. The minimum Gasteiger partial charge on any atom is -0.361 e. The van der Waals surface area contributed by atoms with Crippen LogP contribution in [0.15, 0.2) is 4.52 Å². The lowest BCUT2D eigenvalue weighted by Crippen LogP contribution is -2.28. The van der Waals surface area contributed by atoms with Crippen LogP contribution in [0.1, 0.15) is 29.9 Å². The van der Waals surface area contributed by atoms with Gasteiger partial charge in [0.25, 0.3) is 0 Å². The normalized spacial score (nSPS) is 21.1. The monoisotopic (exact) mass is 300 g/mol. The SMILES string of the molecule is Cc1noc(C)c1CN(C)C(=O)C[C@@H]1CCS(=O)(=O)C1. The van der Waals surface area contributed by atoms with Crippen LogP contribution >= 0.6 is 0 Å². The lowest BCUT2D eigenvalue weighted by atomic mass is 10.0. The summed E-state index contributed by atoms with van der Waals surface area (Å²) in [6, 6.07) is 0. The van der Waals surface area contributed by atoms with E-state index < -0.39 is 9.84 Å². The average Bonchev–Trinajstić information content (AvgIpc) is 2.85. The highest BCUT2D eigenvalue weighted by molar-refractivity contribution is 7.91. The van der Waals surface area contributed by atoms with Gasteiger partial charge in [0.15, 0.2) is 9.84 Å². The van der Waals surface area contributed by atoms with Crippen LogP contribution in [-0.2, 0) is 21.2 Å². The molecule has 112 valence electrons. The molecule has 1 aliphatic rings. The standard InChI is InChI=1S/C13H20N2O4S/c1-9-12(10(2)19-14-9)7-15(3)13(16)6-11-4-5-20(17,18)8-11/h11H,4-8H2,1-3H3/t11-/m0/s1. The summed E-state index contributed by atoms with van der Waals surface area (Å²) in [6.45, 7) is 4.10. The molecule has 0 aromatic carbocycles. The van der Waals surface area contributed by atoms with E-state index in [1.165, 1.54) is 0 Å². The van der Waals surface area contributed by atoms with E-state index in [2.05, 4.69) is 5.16 Å². The van der Waals surface area contributed by atoms with Crippen LogP contribution in [0.4, 0.5) is 0 Å². The molecule has 0 bridgehead atoms. The van der Waals surface area contributed by atoms with Gasteiger partial charge < -0.3 is 9.42 Å². The van der Waals surface area contributed by atoms with Crippen LogP contribution in [0, 0.1) is 19.8 Å². The number of hydrogen-bond donors (Lipinski definition) is 0. The van der Waals surface area contributed by atoms with E-state index in [1.807, 2.05) is 13.8 Å². The lowest BCUT2D eigenvalue weighted by molar-refractivity contribution is -0.131. The first-order valence-corrected chi connectivity index (χ1v) is 8.47. The van der Waals surface area contributed by atoms with Gasteiger partial charge in [0.1, 0.15) is 5.76 Å². The van der Waals surface area contributed by atoms with E-state index in [-0.39, 0.29) is 23.3 Å². The fraction of sp³-hybridized carbons (Fsp3) is 0.692. The van der Waals surface area contributed by atoms with Crippen molar-refractivity contribution in [3.8, 4) is 0 Å². The number of hydrogen-bond acceptors (Lipinski definition) is 5. The fourth-order valence-electron chi connectivity index (χ4n) is 2.49. The number of aromatic nitrogens is 1. The Kier molecular flexibility index (Phi) is 4.17. The molecule has 1 fully saturated rings. The van der Waals surface area contributed by atoms with Crippen LogP contribution in [0.2, 0.25) is 0 Å². The van der Waals surface area contributed by atoms with Crippen LogP contribution in [0.5, 0.6) is 0 Å². The minimum absolute atomic E-state index is 0.0351. The largest absolute Gasteiger partial charge is 0.361 e. The third kappa shape index (κ3) is 3.39. The zero-order chi connectivity index (χ0) is 14.9. The molecule has 1 aliphatic heterocycles. The van der Waals surface area contributed by atoms with Crippen LogP contribution in [-0.4, -0.2) is 42.9 Å². The third-order valence-corrected chi connectivity index (χ3v) is 5.63. The predicted molar refractivity (Wildman–Crippen MR) is 73.8 cm³/mol. The van der Waals surface area contributed by atoms with Gasteiger partial charge in [0, 0.05) is 19.0 Å². The molecule has 1 aromatic rings. The van der Waals surface area contributed by atoms with Crippen molar-refractivity contribution in [1.82, 2.24) is 10.1 Å². The molecular weight excluding hydrogens is 280 g/mol. The number of amides is 1. The molecule has 20 heavy (non-hydrogen) atoms. The zero-order valence-corrected chi connectivity index (χ0v) is 12.9. The van der Waals surface area contributed by atoms with Crippen molar-refractivity contribution in [2.75, 3.05) is 18.6 Å². The Hall–Kier alpha value is -1.37. The molecule has 1 saturated heterocycles. The first kappa shape index (κ1) is 15.0. The molecule has 2 heterocycles. The van der Waals surface area contributed by atoms with Crippen molar-refractivity contribution in [3.63, 3.8) is 0 Å². The van der Waals surface area contributed by atoms with E-state index >= 15 is 0 Å². The van der Waals surface area contributed by atoms with E-state index in [4.69, 9.17) is 4.52 Å². The molecule has 0 N–H and O–H groups in total. The molecule has 2 rings (SSSR count). The van der Waals surface area contributed by atoms with E-state index in [1.54, 1.807) is 11.9 Å². The third-order valence-electron chi connectivity index (χ3n) is 3.79. The number of aryl methyl sites for hydroxylation is 2. The van der Waals surface area contributed by atoms with Gasteiger partial charge in [0.2, 0.25) is 5.91 Å². The Bertz CT molecular complexity index is 586. The number of rotatable bonds is 4. The second-order valence-electron chi connectivity index (χ2n) is 5.53. The van der Waals surface area contributed by atoms with Crippen LogP contribution in [0.25, 0.3) is 0 Å². The van der Waals surface area contributed by atoms with Gasteiger partial charge in [-0.25, -0.2) is 8.42 Å². The highest BCUT2D eigenvalue weighted by Crippen LogP contribution is 2.23. The molecule has 1 atom stereocenters. The van der Waals surface area contributed by atoms with Gasteiger partial charge in [-0.2, -0.15) is 0 Å². The molecule has 0 unspecified atom stereocenters. The second kappa shape index (κ2) is 5.55. The average molecular weight is 300 g/mol. The number of carbonyl (C=O) groups is 1. The Morgan fingerprint density at radius 3 is 2.65 bits per heavy atom. The number of nitrogens with zero attached hydrogens (tertiary/aromatic N) is 2. The first-order valence-electron chi connectivity index (χ1n) is 6.64. The maximum atomic E-state index is 12.1. The summed E-state index contributed by atoms with van der Waals surface area (Å²) in [4.78, 5) is 13.7. The Morgan fingerprint density at radius 2 is 2.15 bits per heavy atom. The van der Waals surface area contributed by atoms with Gasteiger partial charge in [-0.3, -0.25) is 4.79 Å². The van der Waals surface area contributed by atoms with Crippen molar-refractivity contribution in [2.45, 2.75) is 33.2 Å². The van der Waals surface area contributed by atoms with E-state index in [0.29, 0.717) is 25.1 Å². The van der Waals surface area contributed by atoms with Gasteiger partial charge in [-0.05, 0) is 26.2 Å². The second-order valence-corrected chi connectivity index (χ2v) is 7.75. The first-order chi connectivity index (χ1) is 9.28. The summed E-state index contributed by atoms with van der Waals surface area (Å²) in [7, 11) is -1.21. The van der Waals surface area contributed by atoms with Crippen LogP contribution < -0.4 is 0 Å². The summed E-state index contributed by atoms with van der Waals surface area (Å²) in [5.41, 5.74) is 1.70. The van der Waals surface area contributed by atoms with Crippen molar-refractivity contribution in [3.05, 3.63) is 17.0 Å². The predicted octanol–water partition coefficient (Wildman–Crippen LogP) is 1.07. The van der Waals surface area contributed by atoms with Crippen molar-refractivity contribution in [1.29, 1.82) is 0 Å². The zero-order valence-electron chi connectivity index (χ0n) is 12.0. The molecule has 0 aliphatic carbocycles. The molecule has 0 saturated carbocycles. The Morgan fingerprint density at radius 1 is 1.45 bits per heavy atom. The molecular formula is C13H20N2O4S. The Labute approximate surface area is 119 Å². The topological polar surface area (TPSA) is 80.5 Å². The van der Waals surface area contributed by atoms with Gasteiger partial charge in [-0.1, -0.05) is 5.16 Å². The highest BCUT2D eigenvalue weighted by atomic mass is 32.2. The maximum absolute atomic E-state index is 12.1. The van der Waals surface area contributed by atoms with Gasteiger partial charge in [-0.15, -0.1) is 0 Å². The molecule has 0 spiro atoms. The molecule has 0 radical (unpaired) electrons. The number of sulfone groups is 1. The summed E-state index contributed by atoms with van der Waals surface area (Å²) < 4.78 is 27.9. The van der Waals surface area contributed by atoms with Gasteiger partial charge in [0.05, 0.1) is 23.7 Å². The molecule has 1 amide bonds. The summed E-state index contributed by atoms with van der Waals surface area (Å²) in [5.74, 6) is 0.980. The van der Waals surface area contributed by atoms with Crippen molar-refractivity contribution < 1.29 is 17.7 Å². The minimum atomic E-state index is -2.93. The van der Waals surface area contributed by atoms with E-state index in [0.717, 1.165) is 11.3 Å². The van der Waals surface area contributed by atoms with Crippen molar-refractivity contribution in [2.24, 2.45) is 5.92 Å². The summed E-state index contributed by atoms with van der Waals surface area (Å²) >= 11 is 0. The maximum Gasteiger partial charge on any atom is 0.222 e. The lowest BCUT2D eigenvalue weighted by Gasteiger charge is -2.18. The van der Waals surface area contributed by atoms with Crippen molar-refractivity contribution >= 4 is 15.7 Å².